The Morgan fingerprint density at radius 1 is 0.917 bits per heavy atom. The number of likely N-dealkylation sites (tertiary alicyclic amines) is 1. The highest BCUT2D eigenvalue weighted by atomic mass is 16.5. The Hall–Kier alpha value is -0.440. The van der Waals surface area contributed by atoms with E-state index in [1.165, 1.54) is 14.2 Å². The van der Waals surface area contributed by atoms with Crippen LogP contribution in [0.15, 0.2) is 0 Å². The number of rotatable bonds is 6. The molecule has 0 aromatic carbocycles. The van der Waals surface area contributed by atoms with Gasteiger partial charge in [-0.05, 0) is 6.54 Å². The summed E-state index contributed by atoms with van der Waals surface area (Å²) in [5.74, 6) is -2.61. The molecule has 6 aliphatic rings. The zero-order valence-electron chi connectivity index (χ0n) is 21.6. The van der Waals surface area contributed by atoms with Crippen molar-refractivity contribution < 1.29 is 49.6 Å². The van der Waals surface area contributed by atoms with Gasteiger partial charge in [-0.2, -0.15) is 0 Å². The van der Waals surface area contributed by atoms with E-state index in [1.54, 1.807) is 14.2 Å². The second kappa shape index (κ2) is 7.60. The minimum absolute atomic E-state index is 0.183. The molecule has 1 spiro atoms. The van der Waals surface area contributed by atoms with Crippen molar-refractivity contribution in [2.45, 2.75) is 79.2 Å². The Labute approximate surface area is 210 Å². The molecule has 1 unspecified atom stereocenters. The molecule has 11 nitrogen and oxygen atoms in total. The summed E-state index contributed by atoms with van der Waals surface area (Å²) in [6, 6.07) is -0.522. The molecule has 206 valence electrons. The maximum Gasteiger partial charge on any atom is 0.122 e. The lowest BCUT2D eigenvalue weighted by Crippen LogP contribution is -2.85. The standard InChI is InChI=1S/C25H41NO10/c1-6-26-9-21(10-33-2)11(27)7-12(34-3)24-15(21)14(35-4)13(17(24)26)25(32)16-18(28)22(30,8-23(16,24)31)20(36-5)19(25)29/h11-20,27-32H,6-10H2,1-5H3/t11-,12+,13+,14+,15-,16+,17?,18-,19+,20+,21+,22-,23+,24-,25+/m1/s1. The van der Waals surface area contributed by atoms with Crippen molar-refractivity contribution in [3.05, 3.63) is 0 Å². The van der Waals surface area contributed by atoms with Crippen LogP contribution in [0.25, 0.3) is 0 Å². The lowest BCUT2D eigenvalue weighted by molar-refractivity contribution is -0.354. The molecule has 6 rings (SSSR count). The van der Waals surface area contributed by atoms with Gasteiger partial charge in [-0.1, -0.05) is 6.92 Å². The van der Waals surface area contributed by atoms with E-state index in [2.05, 4.69) is 4.90 Å². The number of hydrogen-bond donors (Lipinski definition) is 6. The van der Waals surface area contributed by atoms with E-state index in [0.29, 0.717) is 13.1 Å². The summed E-state index contributed by atoms with van der Waals surface area (Å²) in [4.78, 5) is 2.14. The quantitative estimate of drug-likeness (QED) is 0.219. The monoisotopic (exact) mass is 515 g/mol. The molecule has 0 aromatic heterocycles. The zero-order chi connectivity index (χ0) is 26.2. The van der Waals surface area contributed by atoms with Crippen LogP contribution in [0.5, 0.6) is 0 Å². The van der Waals surface area contributed by atoms with Crippen molar-refractivity contribution in [3.8, 4) is 0 Å². The number of methoxy groups -OCH3 is 4. The number of hydrogen-bond acceptors (Lipinski definition) is 11. The van der Waals surface area contributed by atoms with Gasteiger partial charge >= 0.3 is 0 Å². The van der Waals surface area contributed by atoms with Crippen LogP contribution in [0.2, 0.25) is 0 Å². The molecule has 0 radical (unpaired) electrons. The maximum absolute atomic E-state index is 13.0. The van der Waals surface area contributed by atoms with Crippen LogP contribution in [-0.2, 0) is 18.9 Å². The number of ether oxygens (including phenoxy) is 4. The van der Waals surface area contributed by atoms with E-state index in [4.69, 9.17) is 18.9 Å². The molecule has 5 saturated carbocycles. The van der Waals surface area contributed by atoms with Gasteiger partial charge in [-0.25, -0.2) is 0 Å². The summed E-state index contributed by atoms with van der Waals surface area (Å²) >= 11 is 0. The highest BCUT2D eigenvalue weighted by Gasteiger charge is 2.94. The third-order valence-corrected chi connectivity index (χ3v) is 11.7. The zero-order valence-corrected chi connectivity index (χ0v) is 21.6. The van der Waals surface area contributed by atoms with E-state index < -0.39 is 88.1 Å². The summed E-state index contributed by atoms with van der Waals surface area (Å²) in [5.41, 5.74) is -7.95. The third-order valence-electron chi connectivity index (χ3n) is 11.7. The Morgan fingerprint density at radius 2 is 1.61 bits per heavy atom. The summed E-state index contributed by atoms with van der Waals surface area (Å²) < 4.78 is 23.5. The van der Waals surface area contributed by atoms with Gasteiger partial charge in [0.1, 0.15) is 23.4 Å². The Kier molecular flexibility index (Phi) is 5.45. The largest absolute Gasteiger partial charge is 0.392 e. The fraction of sp³-hybridized carbons (Fsp3) is 1.00. The topological polar surface area (TPSA) is 162 Å². The number of fused-ring (bicyclic) bond motifs is 2. The van der Waals surface area contributed by atoms with E-state index in [1.807, 2.05) is 6.92 Å². The lowest BCUT2D eigenvalue weighted by Gasteiger charge is -2.72. The molecule has 1 saturated heterocycles. The molecule has 7 bridgehead atoms. The van der Waals surface area contributed by atoms with Gasteiger partial charge in [0.05, 0.1) is 36.6 Å². The van der Waals surface area contributed by atoms with Gasteiger partial charge in [-0.15, -0.1) is 0 Å². The maximum atomic E-state index is 13.0. The first-order valence-corrected chi connectivity index (χ1v) is 13.0. The Balaban J connectivity index is 1.73. The Morgan fingerprint density at radius 3 is 2.17 bits per heavy atom. The van der Waals surface area contributed by atoms with Crippen molar-refractivity contribution in [2.24, 2.45) is 28.6 Å². The summed E-state index contributed by atoms with van der Waals surface area (Å²) in [6.07, 6.45) is -6.84. The predicted octanol–water partition coefficient (Wildman–Crippen LogP) is -2.67. The van der Waals surface area contributed by atoms with Crippen molar-refractivity contribution >= 4 is 0 Å². The first-order valence-electron chi connectivity index (χ1n) is 13.0. The molecule has 11 heteroatoms. The van der Waals surface area contributed by atoms with E-state index >= 15 is 0 Å². The van der Waals surface area contributed by atoms with Crippen molar-refractivity contribution in [1.82, 2.24) is 4.90 Å². The second-order valence-corrected chi connectivity index (χ2v) is 12.3. The lowest BCUT2D eigenvalue weighted by atomic mass is 9.40. The molecule has 6 N–H and O–H groups in total. The predicted molar refractivity (Wildman–Crippen MR) is 123 cm³/mol. The average Bonchev–Trinajstić information content (AvgIpc) is 3.18. The average molecular weight is 516 g/mol. The summed E-state index contributed by atoms with van der Waals surface area (Å²) in [5, 5.41) is 72.3. The molecule has 6 fully saturated rings. The normalized spacial score (nSPS) is 63.1. The fourth-order valence-corrected chi connectivity index (χ4v) is 11.0. The minimum Gasteiger partial charge on any atom is -0.392 e. The van der Waals surface area contributed by atoms with Crippen LogP contribution in [0, 0.1) is 28.6 Å². The second-order valence-electron chi connectivity index (χ2n) is 12.3. The number of nitrogens with zero attached hydrogens (tertiary/aromatic N) is 1. The first kappa shape index (κ1) is 25.8. The van der Waals surface area contributed by atoms with Gasteiger partial charge in [0.25, 0.3) is 0 Å². The van der Waals surface area contributed by atoms with Crippen molar-refractivity contribution in [1.29, 1.82) is 0 Å². The molecule has 5 aliphatic carbocycles. The van der Waals surface area contributed by atoms with Crippen LogP contribution in [0.1, 0.15) is 19.8 Å². The SMILES string of the molecule is CCN1C[C@]2(COC)[C@H](O)C[C@H](OC)[C@]34C1[C@H]([C@H](OC)[C@H]23)[C@]1(O)[C@H]2[C@@H](O)[C@](O)(C[C@]24O)[C@@H](OC)[C@@H]1O. The van der Waals surface area contributed by atoms with Crippen LogP contribution in [0.3, 0.4) is 0 Å². The number of aliphatic hydroxyl groups is 6. The number of aliphatic hydroxyl groups excluding tert-OH is 3. The molecule has 15 atom stereocenters. The van der Waals surface area contributed by atoms with E-state index in [9.17, 15) is 30.6 Å². The smallest absolute Gasteiger partial charge is 0.122 e. The van der Waals surface area contributed by atoms with Crippen molar-refractivity contribution in [2.75, 3.05) is 48.1 Å². The molecule has 0 amide bonds. The van der Waals surface area contributed by atoms with Gasteiger partial charge < -0.3 is 49.6 Å². The fourth-order valence-electron chi connectivity index (χ4n) is 11.0. The summed E-state index contributed by atoms with van der Waals surface area (Å²) in [6.45, 7) is 3.14. The van der Waals surface area contributed by atoms with Gasteiger partial charge in [0, 0.05) is 82.5 Å². The van der Waals surface area contributed by atoms with Crippen LogP contribution < -0.4 is 0 Å². The van der Waals surface area contributed by atoms with Crippen LogP contribution in [0.4, 0.5) is 0 Å². The highest BCUT2D eigenvalue weighted by Crippen LogP contribution is 2.80. The van der Waals surface area contributed by atoms with Crippen LogP contribution >= 0.6 is 0 Å². The van der Waals surface area contributed by atoms with Gasteiger partial charge in [0.2, 0.25) is 0 Å². The van der Waals surface area contributed by atoms with Crippen molar-refractivity contribution in [3.63, 3.8) is 0 Å². The molecular weight excluding hydrogens is 474 g/mol. The third kappa shape index (κ3) is 2.26. The molecule has 0 aromatic rings. The molecule has 36 heavy (non-hydrogen) atoms. The minimum atomic E-state index is -2.05. The van der Waals surface area contributed by atoms with Gasteiger partial charge in [0.15, 0.2) is 0 Å². The molecular formula is C25H41NO10. The highest BCUT2D eigenvalue weighted by molar-refractivity contribution is 5.44. The first-order chi connectivity index (χ1) is 17.0. The van der Waals surface area contributed by atoms with E-state index in [0.717, 1.165) is 0 Å². The van der Waals surface area contributed by atoms with Crippen LogP contribution in [-0.4, -0.2) is 143 Å². The van der Waals surface area contributed by atoms with E-state index in [-0.39, 0.29) is 19.4 Å². The van der Waals surface area contributed by atoms with Gasteiger partial charge in [-0.3, -0.25) is 4.90 Å². The molecule has 1 aliphatic heterocycles. The summed E-state index contributed by atoms with van der Waals surface area (Å²) in [7, 11) is 5.97. The Bertz CT molecular complexity index is 925. The number of piperidine rings is 1. The molecule has 1 heterocycles.